The molecule has 0 atom stereocenters. The van der Waals surface area contributed by atoms with Gasteiger partial charge in [0.25, 0.3) is 0 Å². The molecule has 0 aliphatic carbocycles. The maximum Gasteiger partial charge on any atom is 0.101 e. The standard InChI is InChI=1S/C15H18N2S/c1-11-8-12(2)17-15(14(11)9-16)18-10-13-6-4-3-5-7-13/h3-8H,9-10,16H2,1-2H3. The zero-order chi connectivity index (χ0) is 13.0. The maximum atomic E-state index is 5.82. The van der Waals surface area contributed by atoms with Gasteiger partial charge in [0.05, 0.1) is 0 Å². The molecule has 0 bridgehead atoms. The van der Waals surface area contributed by atoms with Gasteiger partial charge in [0.15, 0.2) is 0 Å². The summed E-state index contributed by atoms with van der Waals surface area (Å²) in [6.45, 7) is 4.68. The van der Waals surface area contributed by atoms with Gasteiger partial charge < -0.3 is 5.73 Å². The zero-order valence-corrected chi connectivity index (χ0v) is 11.6. The first kappa shape index (κ1) is 13.1. The van der Waals surface area contributed by atoms with E-state index in [0.29, 0.717) is 6.54 Å². The second kappa shape index (κ2) is 6.03. The third-order valence-electron chi connectivity index (χ3n) is 2.86. The number of aryl methyl sites for hydroxylation is 2. The molecule has 2 nitrogen and oxygen atoms in total. The molecule has 3 heteroatoms. The molecule has 0 aliphatic heterocycles. The van der Waals surface area contributed by atoms with Crippen molar-refractivity contribution in [2.45, 2.75) is 31.2 Å². The van der Waals surface area contributed by atoms with E-state index < -0.39 is 0 Å². The Morgan fingerprint density at radius 2 is 1.89 bits per heavy atom. The lowest BCUT2D eigenvalue weighted by atomic mass is 10.1. The molecular formula is C15H18N2S. The van der Waals surface area contributed by atoms with E-state index in [4.69, 9.17) is 5.73 Å². The quantitative estimate of drug-likeness (QED) is 0.854. The van der Waals surface area contributed by atoms with Crippen molar-refractivity contribution in [3.05, 3.63) is 58.8 Å². The van der Waals surface area contributed by atoms with E-state index in [1.807, 2.05) is 13.0 Å². The minimum atomic E-state index is 0.552. The van der Waals surface area contributed by atoms with Gasteiger partial charge in [-0.25, -0.2) is 4.98 Å². The van der Waals surface area contributed by atoms with Crippen LogP contribution in [0.4, 0.5) is 0 Å². The van der Waals surface area contributed by atoms with Crippen LogP contribution in [-0.2, 0) is 12.3 Å². The minimum absolute atomic E-state index is 0.552. The minimum Gasteiger partial charge on any atom is -0.326 e. The van der Waals surface area contributed by atoms with Crippen LogP contribution in [0.1, 0.15) is 22.4 Å². The number of rotatable bonds is 4. The fourth-order valence-electron chi connectivity index (χ4n) is 1.92. The molecule has 1 heterocycles. The molecule has 0 fully saturated rings. The van der Waals surface area contributed by atoms with Crippen LogP contribution in [0.15, 0.2) is 41.4 Å². The monoisotopic (exact) mass is 258 g/mol. The first-order valence-electron chi connectivity index (χ1n) is 6.04. The molecule has 0 unspecified atom stereocenters. The van der Waals surface area contributed by atoms with E-state index >= 15 is 0 Å². The Balaban J connectivity index is 2.18. The molecule has 1 aromatic carbocycles. The van der Waals surface area contributed by atoms with Gasteiger partial charge in [-0.1, -0.05) is 30.3 Å². The highest BCUT2D eigenvalue weighted by molar-refractivity contribution is 7.98. The molecule has 0 spiro atoms. The highest BCUT2D eigenvalue weighted by atomic mass is 32.2. The van der Waals surface area contributed by atoms with Gasteiger partial charge in [-0.2, -0.15) is 0 Å². The molecule has 0 aliphatic rings. The molecule has 0 radical (unpaired) electrons. The molecule has 0 saturated carbocycles. The van der Waals surface area contributed by atoms with Crippen molar-refractivity contribution in [3.63, 3.8) is 0 Å². The van der Waals surface area contributed by atoms with E-state index in [2.05, 4.69) is 42.2 Å². The van der Waals surface area contributed by atoms with E-state index in [9.17, 15) is 0 Å². The van der Waals surface area contributed by atoms with Crippen LogP contribution >= 0.6 is 11.8 Å². The Bertz CT molecular complexity index is 524. The summed E-state index contributed by atoms with van der Waals surface area (Å²) in [5.74, 6) is 0.934. The molecule has 94 valence electrons. The molecule has 1 aromatic heterocycles. The topological polar surface area (TPSA) is 38.9 Å². The van der Waals surface area contributed by atoms with Crippen molar-refractivity contribution in [1.82, 2.24) is 4.98 Å². The number of nitrogens with zero attached hydrogens (tertiary/aromatic N) is 1. The third-order valence-corrected chi connectivity index (χ3v) is 3.95. The Hall–Kier alpha value is -1.32. The summed E-state index contributed by atoms with van der Waals surface area (Å²) in [6, 6.07) is 12.5. The number of hydrogen-bond donors (Lipinski definition) is 1. The smallest absolute Gasteiger partial charge is 0.101 e. The van der Waals surface area contributed by atoms with Crippen molar-refractivity contribution in [1.29, 1.82) is 0 Å². The SMILES string of the molecule is Cc1cc(C)c(CN)c(SCc2ccccc2)n1. The van der Waals surface area contributed by atoms with Crippen LogP contribution in [-0.4, -0.2) is 4.98 Å². The van der Waals surface area contributed by atoms with Crippen LogP contribution in [0.2, 0.25) is 0 Å². The van der Waals surface area contributed by atoms with Crippen LogP contribution in [0, 0.1) is 13.8 Å². The first-order valence-corrected chi connectivity index (χ1v) is 7.03. The van der Waals surface area contributed by atoms with E-state index in [1.165, 1.54) is 16.7 Å². The van der Waals surface area contributed by atoms with Crippen molar-refractivity contribution in [3.8, 4) is 0 Å². The van der Waals surface area contributed by atoms with E-state index in [0.717, 1.165) is 16.5 Å². The van der Waals surface area contributed by atoms with Crippen molar-refractivity contribution in [2.24, 2.45) is 5.73 Å². The van der Waals surface area contributed by atoms with Crippen molar-refractivity contribution >= 4 is 11.8 Å². The predicted molar refractivity (Wildman–Crippen MR) is 77.6 cm³/mol. The number of hydrogen-bond acceptors (Lipinski definition) is 3. The summed E-state index contributed by atoms with van der Waals surface area (Å²) in [5, 5.41) is 1.07. The Morgan fingerprint density at radius 1 is 1.17 bits per heavy atom. The molecular weight excluding hydrogens is 240 g/mol. The molecule has 2 aromatic rings. The van der Waals surface area contributed by atoms with E-state index in [-0.39, 0.29) is 0 Å². The largest absolute Gasteiger partial charge is 0.326 e. The van der Waals surface area contributed by atoms with Gasteiger partial charge in [-0.05, 0) is 31.0 Å². The fraction of sp³-hybridized carbons (Fsp3) is 0.267. The van der Waals surface area contributed by atoms with Crippen LogP contribution in [0.3, 0.4) is 0 Å². The van der Waals surface area contributed by atoms with E-state index in [1.54, 1.807) is 11.8 Å². The number of thioether (sulfide) groups is 1. The molecule has 0 saturated heterocycles. The Kier molecular flexibility index (Phi) is 4.39. The normalized spacial score (nSPS) is 10.6. The molecule has 0 amide bonds. The number of pyridine rings is 1. The van der Waals surface area contributed by atoms with Gasteiger partial charge in [-0.3, -0.25) is 0 Å². The fourth-order valence-corrected chi connectivity index (χ4v) is 3.05. The zero-order valence-electron chi connectivity index (χ0n) is 10.8. The summed E-state index contributed by atoms with van der Waals surface area (Å²) in [5.41, 5.74) is 10.6. The average molecular weight is 258 g/mol. The van der Waals surface area contributed by atoms with Crippen molar-refractivity contribution in [2.75, 3.05) is 0 Å². The lowest BCUT2D eigenvalue weighted by Gasteiger charge is -2.11. The second-order valence-corrected chi connectivity index (χ2v) is 5.31. The van der Waals surface area contributed by atoms with Gasteiger partial charge in [0.2, 0.25) is 0 Å². The number of nitrogens with two attached hydrogens (primary N) is 1. The van der Waals surface area contributed by atoms with Crippen molar-refractivity contribution < 1.29 is 0 Å². The Labute approximate surface area is 113 Å². The van der Waals surface area contributed by atoms with Gasteiger partial charge in [-0.15, -0.1) is 11.8 Å². The highest BCUT2D eigenvalue weighted by Crippen LogP contribution is 2.26. The second-order valence-electron chi connectivity index (χ2n) is 4.34. The van der Waals surface area contributed by atoms with Crippen LogP contribution in [0.5, 0.6) is 0 Å². The summed E-state index contributed by atoms with van der Waals surface area (Å²) in [6.07, 6.45) is 0. The summed E-state index contributed by atoms with van der Waals surface area (Å²) < 4.78 is 0. The average Bonchev–Trinajstić information content (AvgIpc) is 2.37. The lowest BCUT2D eigenvalue weighted by molar-refractivity contribution is 0.922. The molecule has 18 heavy (non-hydrogen) atoms. The predicted octanol–water partition coefficient (Wildman–Crippen LogP) is 3.45. The Morgan fingerprint density at radius 3 is 2.56 bits per heavy atom. The first-order chi connectivity index (χ1) is 8.70. The summed E-state index contributed by atoms with van der Waals surface area (Å²) in [4.78, 5) is 4.60. The van der Waals surface area contributed by atoms with Gasteiger partial charge in [0, 0.05) is 23.6 Å². The highest BCUT2D eigenvalue weighted by Gasteiger charge is 2.08. The van der Waals surface area contributed by atoms with Gasteiger partial charge >= 0.3 is 0 Å². The summed E-state index contributed by atoms with van der Waals surface area (Å²) >= 11 is 1.76. The molecule has 2 rings (SSSR count). The van der Waals surface area contributed by atoms with Gasteiger partial charge in [0.1, 0.15) is 5.03 Å². The van der Waals surface area contributed by atoms with Crippen LogP contribution < -0.4 is 5.73 Å². The van der Waals surface area contributed by atoms with Crippen LogP contribution in [0.25, 0.3) is 0 Å². The number of aromatic nitrogens is 1. The third kappa shape index (κ3) is 3.12. The molecule has 2 N–H and O–H groups in total. The lowest BCUT2D eigenvalue weighted by Crippen LogP contribution is -2.04. The maximum absolute atomic E-state index is 5.82. The number of benzene rings is 1. The summed E-state index contributed by atoms with van der Waals surface area (Å²) in [7, 11) is 0.